The van der Waals surface area contributed by atoms with Crippen LogP contribution in [0.15, 0.2) is 24.3 Å². The number of aromatic nitrogens is 2. The van der Waals surface area contributed by atoms with Gasteiger partial charge in [-0.3, -0.25) is 5.10 Å². The number of piperazine rings is 1. The SMILES string of the molecule is OCc1[nH]nc(-c2cccc(Cl)c2)c1N1CCNCC1. The number of nitrogens with one attached hydrogen (secondary N) is 2. The maximum Gasteiger partial charge on any atom is 0.116 e. The molecule has 3 N–H and O–H groups in total. The summed E-state index contributed by atoms with van der Waals surface area (Å²) in [6.07, 6.45) is 0. The zero-order chi connectivity index (χ0) is 13.9. The van der Waals surface area contributed by atoms with Crippen LogP contribution in [0.4, 0.5) is 5.69 Å². The summed E-state index contributed by atoms with van der Waals surface area (Å²) >= 11 is 6.06. The Labute approximate surface area is 122 Å². The molecule has 0 saturated carbocycles. The van der Waals surface area contributed by atoms with Crippen molar-refractivity contribution < 1.29 is 5.11 Å². The molecule has 1 aliphatic heterocycles. The van der Waals surface area contributed by atoms with Gasteiger partial charge in [0, 0.05) is 36.8 Å². The van der Waals surface area contributed by atoms with E-state index >= 15 is 0 Å². The molecule has 0 bridgehead atoms. The summed E-state index contributed by atoms with van der Waals surface area (Å²) in [4.78, 5) is 2.25. The van der Waals surface area contributed by atoms with E-state index in [1.165, 1.54) is 0 Å². The molecule has 20 heavy (non-hydrogen) atoms. The molecule has 0 aliphatic carbocycles. The fourth-order valence-corrected chi connectivity index (χ4v) is 2.74. The maximum absolute atomic E-state index is 9.52. The maximum atomic E-state index is 9.52. The molecular weight excluding hydrogens is 276 g/mol. The van der Waals surface area contributed by atoms with Crippen molar-refractivity contribution in [2.75, 3.05) is 31.1 Å². The van der Waals surface area contributed by atoms with Crippen molar-refractivity contribution in [1.82, 2.24) is 15.5 Å². The minimum Gasteiger partial charge on any atom is -0.390 e. The molecule has 1 aliphatic rings. The first-order valence-electron chi connectivity index (χ1n) is 6.69. The molecule has 3 rings (SSSR count). The molecule has 1 aromatic heterocycles. The first-order chi connectivity index (χ1) is 9.79. The Morgan fingerprint density at radius 3 is 2.80 bits per heavy atom. The van der Waals surface area contributed by atoms with Crippen LogP contribution < -0.4 is 10.2 Å². The van der Waals surface area contributed by atoms with E-state index in [0.717, 1.165) is 48.8 Å². The Morgan fingerprint density at radius 2 is 2.10 bits per heavy atom. The number of aromatic amines is 1. The molecular formula is C14H17ClN4O. The summed E-state index contributed by atoms with van der Waals surface area (Å²) in [5.74, 6) is 0. The molecule has 106 valence electrons. The summed E-state index contributed by atoms with van der Waals surface area (Å²) in [5, 5.41) is 20.8. The summed E-state index contributed by atoms with van der Waals surface area (Å²) in [6.45, 7) is 3.63. The molecule has 5 nitrogen and oxygen atoms in total. The summed E-state index contributed by atoms with van der Waals surface area (Å²) < 4.78 is 0. The highest BCUT2D eigenvalue weighted by Gasteiger charge is 2.21. The van der Waals surface area contributed by atoms with Gasteiger partial charge in [-0.15, -0.1) is 0 Å². The second-order valence-corrected chi connectivity index (χ2v) is 5.24. The van der Waals surface area contributed by atoms with E-state index in [9.17, 15) is 5.11 Å². The van der Waals surface area contributed by atoms with Gasteiger partial charge in [-0.05, 0) is 12.1 Å². The molecule has 0 spiro atoms. The summed E-state index contributed by atoms with van der Waals surface area (Å²) in [7, 11) is 0. The molecule has 0 unspecified atom stereocenters. The van der Waals surface area contributed by atoms with Crippen molar-refractivity contribution in [2.45, 2.75) is 6.61 Å². The summed E-state index contributed by atoms with van der Waals surface area (Å²) in [6, 6.07) is 7.63. The van der Waals surface area contributed by atoms with Gasteiger partial charge in [-0.25, -0.2) is 0 Å². The van der Waals surface area contributed by atoms with Crippen LogP contribution in [0.3, 0.4) is 0 Å². The van der Waals surface area contributed by atoms with E-state index < -0.39 is 0 Å². The van der Waals surface area contributed by atoms with Gasteiger partial charge in [0.25, 0.3) is 0 Å². The topological polar surface area (TPSA) is 64.2 Å². The normalized spacial score (nSPS) is 15.6. The first-order valence-corrected chi connectivity index (χ1v) is 7.07. The predicted octanol–water partition coefficient (Wildman–Crippen LogP) is 1.63. The lowest BCUT2D eigenvalue weighted by atomic mass is 10.1. The Balaban J connectivity index is 2.04. The average Bonchev–Trinajstić information content (AvgIpc) is 2.92. The van der Waals surface area contributed by atoms with E-state index in [1.54, 1.807) is 0 Å². The van der Waals surface area contributed by atoms with Crippen LogP contribution in [-0.2, 0) is 6.61 Å². The average molecular weight is 293 g/mol. The largest absolute Gasteiger partial charge is 0.390 e. The molecule has 1 aromatic carbocycles. The van der Waals surface area contributed by atoms with Crippen LogP contribution in [0.2, 0.25) is 5.02 Å². The van der Waals surface area contributed by atoms with E-state index in [2.05, 4.69) is 20.4 Å². The number of halogens is 1. The van der Waals surface area contributed by atoms with E-state index in [1.807, 2.05) is 24.3 Å². The number of hydrogen-bond acceptors (Lipinski definition) is 4. The smallest absolute Gasteiger partial charge is 0.116 e. The van der Waals surface area contributed by atoms with E-state index in [-0.39, 0.29) is 6.61 Å². The highest BCUT2D eigenvalue weighted by Crippen LogP contribution is 2.33. The van der Waals surface area contributed by atoms with Crippen LogP contribution >= 0.6 is 11.6 Å². The third-order valence-corrected chi connectivity index (χ3v) is 3.74. The number of rotatable bonds is 3. The molecule has 2 aromatic rings. The molecule has 1 saturated heterocycles. The van der Waals surface area contributed by atoms with Crippen LogP contribution in [0, 0.1) is 0 Å². The number of benzene rings is 1. The van der Waals surface area contributed by atoms with Gasteiger partial charge >= 0.3 is 0 Å². The van der Waals surface area contributed by atoms with Crippen molar-refractivity contribution in [3.63, 3.8) is 0 Å². The molecule has 6 heteroatoms. The van der Waals surface area contributed by atoms with Crippen LogP contribution in [0.5, 0.6) is 0 Å². The van der Waals surface area contributed by atoms with Gasteiger partial charge in [-0.1, -0.05) is 23.7 Å². The zero-order valence-electron chi connectivity index (χ0n) is 11.1. The Morgan fingerprint density at radius 1 is 1.30 bits per heavy atom. The highest BCUT2D eigenvalue weighted by atomic mass is 35.5. The minimum absolute atomic E-state index is 0.0488. The zero-order valence-corrected chi connectivity index (χ0v) is 11.8. The van der Waals surface area contributed by atoms with Crippen LogP contribution in [-0.4, -0.2) is 41.5 Å². The summed E-state index contributed by atoms with van der Waals surface area (Å²) in [5.41, 5.74) is 3.54. The number of nitrogens with zero attached hydrogens (tertiary/aromatic N) is 2. The van der Waals surface area contributed by atoms with Gasteiger partial charge in [0.2, 0.25) is 0 Å². The van der Waals surface area contributed by atoms with Gasteiger partial charge in [-0.2, -0.15) is 5.10 Å². The third-order valence-electron chi connectivity index (χ3n) is 3.50. The lowest BCUT2D eigenvalue weighted by molar-refractivity contribution is 0.276. The molecule has 0 atom stereocenters. The van der Waals surface area contributed by atoms with Crippen LogP contribution in [0.25, 0.3) is 11.3 Å². The lowest BCUT2D eigenvalue weighted by Crippen LogP contribution is -2.44. The predicted molar refractivity (Wildman–Crippen MR) is 80.0 cm³/mol. The van der Waals surface area contributed by atoms with Crippen molar-refractivity contribution >= 4 is 17.3 Å². The number of hydrogen-bond donors (Lipinski definition) is 3. The van der Waals surface area contributed by atoms with Gasteiger partial charge in [0.1, 0.15) is 5.69 Å². The Kier molecular flexibility index (Phi) is 3.91. The van der Waals surface area contributed by atoms with Crippen LogP contribution in [0.1, 0.15) is 5.69 Å². The molecule has 2 heterocycles. The second-order valence-electron chi connectivity index (χ2n) is 4.80. The number of H-pyrrole nitrogens is 1. The van der Waals surface area contributed by atoms with Crippen molar-refractivity contribution in [2.24, 2.45) is 0 Å². The van der Waals surface area contributed by atoms with Gasteiger partial charge < -0.3 is 15.3 Å². The Hall–Kier alpha value is -1.56. The van der Waals surface area contributed by atoms with Crippen molar-refractivity contribution in [1.29, 1.82) is 0 Å². The minimum atomic E-state index is -0.0488. The number of anilines is 1. The third kappa shape index (κ3) is 2.52. The fraction of sp³-hybridized carbons (Fsp3) is 0.357. The number of aliphatic hydroxyl groups is 1. The van der Waals surface area contributed by atoms with Crippen molar-refractivity contribution in [3.8, 4) is 11.3 Å². The lowest BCUT2D eigenvalue weighted by Gasteiger charge is -2.30. The van der Waals surface area contributed by atoms with Gasteiger partial charge in [0.15, 0.2) is 0 Å². The fourth-order valence-electron chi connectivity index (χ4n) is 2.55. The van der Waals surface area contributed by atoms with E-state index in [0.29, 0.717) is 5.02 Å². The molecule has 1 fully saturated rings. The Bertz CT molecular complexity index is 593. The van der Waals surface area contributed by atoms with Crippen molar-refractivity contribution in [3.05, 3.63) is 35.0 Å². The molecule has 0 radical (unpaired) electrons. The van der Waals surface area contributed by atoms with Gasteiger partial charge in [0.05, 0.1) is 18.0 Å². The highest BCUT2D eigenvalue weighted by molar-refractivity contribution is 6.30. The number of aliphatic hydroxyl groups excluding tert-OH is 1. The standard InChI is InChI=1S/C14H17ClN4O/c15-11-3-1-2-10(8-11)13-14(12(9-20)17-18-13)19-6-4-16-5-7-19/h1-3,8,16,20H,4-7,9H2,(H,17,18). The van der Waals surface area contributed by atoms with E-state index in [4.69, 9.17) is 11.6 Å². The molecule has 0 amide bonds. The second kappa shape index (κ2) is 5.83. The first kappa shape index (κ1) is 13.4. The quantitative estimate of drug-likeness (QED) is 0.805. The monoisotopic (exact) mass is 292 g/mol.